The van der Waals surface area contributed by atoms with Gasteiger partial charge in [-0.25, -0.2) is 0 Å². The molecule has 0 bridgehead atoms. The largest absolute Gasteiger partial charge is 0.389 e. The number of thioether (sulfide) groups is 1. The summed E-state index contributed by atoms with van der Waals surface area (Å²) in [6.07, 6.45) is -2.28. The minimum atomic E-state index is -1.37. The van der Waals surface area contributed by atoms with E-state index >= 15 is 0 Å². The van der Waals surface area contributed by atoms with E-state index in [9.17, 15) is 29.9 Å². The van der Waals surface area contributed by atoms with Crippen molar-refractivity contribution in [1.82, 2.24) is 0 Å². The number of hydrogen-bond donors (Lipinski definition) is 2. The molecule has 0 spiro atoms. The third kappa shape index (κ3) is 4.12. The molecule has 108 valence electrons. The van der Waals surface area contributed by atoms with Crippen LogP contribution in [0.25, 0.3) is 0 Å². The number of aldehydes is 1. The van der Waals surface area contributed by atoms with Crippen molar-refractivity contribution < 1.29 is 24.7 Å². The summed E-state index contributed by atoms with van der Waals surface area (Å²) in [5, 5.41) is 30.2. The molecule has 0 heterocycles. The molecule has 0 fully saturated rings. The third-order valence-corrected chi connectivity index (χ3v) is 3.46. The van der Waals surface area contributed by atoms with Gasteiger partial charge >= 0.3 is 0 Å². The average molecular weight is 299 g/mol. The van der Waals surface area contributed by atoms with Crippen LogP contribution in [-0.4, -0.2) is 38.4 Å². The molecule has 2 atom stereocenters. The Morgan fingerprint density at radius 3 is 2.65 bits per heavy atom. The number of aliphatic hydroxyl groups excluding tert-OH is 2. The van der Waals surface area contributed by atoms with Gasteiger partial charge in [-0.1, -0.05) is 17.8 Å². The van der Waals surface area contributed by atoms with Gasteiger partial charge in [0.05, 0.1) is 16.6 Å². The summed E-state index contributed by atoms with van der Waals surface area (Å²) in [6.45, 7) is 1.33. The zero-order valence-electron chi connectivity index (χ0n) is 10.6. The standard InChI is InChI=1S/C12H13NO6S/c1-7(15)20-6-11(16)12(17)8-2-3-9(5-14)10(4-8)13(18)19/h2-5,11-12,16-17H,6H2,1H3. The zero-order chi connectivity index (χ0) is 15.3. The number of carbonyl (C=O) groups excluding carboxylic acids is 2. The van der Waals surface area contributed by atoms with E-state index in [-0.39, 0.29) is 22.0 Å². The minimum Gasteiger partial charge on any atom is -0.389 e. The number of carbonyl (C=O) groups is 2. The Balaban J connectivity index is 2.95. The lowest BCUT2D eigenvalue weighted by Crippen LogP contribution is -2.21. The first-order chi connectivity index (χ1) is 9.36. The zero-order valence-corrected chi connectivity index (χ0v) is 11.4. The molecule has 0 saturated heterocycles. The van der Waals surface area contributed by atoms with Gasteiger partial charge in [0.1, 0.15) is 6.10 Å². The number of rotatable bonds is 6. The van der Waals surface area contributed by atoms with E-state index in [1.807, 2.05) is 0 Å². The number of nitrogens with zero attached hydrogens (tertiary/aromatic N) is 1. The van der Waals surface area contributed by atoms with Crippen LogP contribution < -0.4 is 0 Å². The molecule has 7 nitrogen and oxygen atoms in total. The lowest BCUT2D eigenvalue weighted by molar-refractivity contribution is -0.385. The summed E-state index contributed by atoms with van der Waals surface area (Å²) in [5.41, 5.74) is -0.444. The molecular formula is C12H13NO6S. The molecule has 0 aliphatic rings. The fourth-order valence-electron chi connectivity index (χ4n) is 1.52. The lowest BCUT2D eigenvalue weighted by atomic mass is 10.0. The summed E-state index contributed by atoms with van der Waals surface area (Å²) in [4.78, 5) is 31.5. The second-order valence-corrected chi connectivity index (χ2v) is 5.20. The van der Waals surface area contributed by atoms with Crippen LogP contribution in [0.1, 0.15) is 28.9 Å². The quantitative estimate of drug-likeness (QED) is 0.458. The fraction of sp³-hybridized carbons (Fsp3) is 0.333. The molecule has 0 amide bonds. The van der Waals surface area contributed by atoms with Crippen LogP contribution in [0.15, 0.2) is 18.2 Å². The third-order valence-electron chi connectivity index (χ3n) is 2.54. The van der Waals surface area contributed by atoms with Crippen molar-refractivity contribution in [3.05, 3.63) is 39.4 Å². The number of aliphatic hydroxyl groups is 2. The highest BCUT2D eigenvalue weighted by molar-refractivity contribution is 8.13. The summed E-state index contributed by atoms with van der Waals surface area (Å²) in [7, 11) is 0. The van der Waals surface area contributed by atoms with E-state index in [1.54, 1.807) is 0 Å². The summed E-state index contributed by atoms with van der Waals surface area (Å²) in [6, 6.07) is 3.56. The van der Waals surface area contributed by atoms with Crippen molar-refractivity contribution in [3.63, 3.8) is 0 Å². The Kier molecular flexibility index (Phi) is 5.81. The smallest absolute Gasteiger partial charge is 0.280 e. The van der Waals surface area contributed by atoms with Crippen LogP contribution in [0.3, 0.4) is 0 Å². The maximum Gasteiger partial charge on any atom is 0.280 e. The number of benzene rings is 1. The molecule has 0 aromatic heterocycles. The molecule has 0 aliphatic heterocycles. The van der Waals surface area contributed by atoms with Gasteiger partial charge in [-0.3, -0.25) is 19.7 Å². The van der Waals surface area contributed by atoms with Crippen molar-refractivity contribution in [2.24, 2.45) is 0 Å². The Morgan fingerprint density at radius 2 is 2.15 bits per heavy atom. The molecular weight excluding hydrogens is 286 g/mol. The molecule has 2 unspecified atom stereocenters. The van der Waals surface area contributed by atoms with Crippen LogP contribution in [0.4, 0.5) is 5.69 Å². The number of hydrogen-bond acceptors (Lipinski definition) is 7. The predicted octanol–water partition coefficient (Wildman–Crippen LogP) is 1.08. The van der Waals surface area contributed by atoms with Gasteiger partial charge in [-0.2, -0.15) is 0 Å². The van der Waals surface area contributed by atoms with Crippen LogP contribution in [0, 0.1) is 10.1 Å². The second kappa shape index (κ2) is 7.13. The first kappa shape index (κ1) is 16.3. The molecule has 0 aliphatic carbocycles. The maximum absolute atomic E-state index is 10.8. The van der Waals surface area contributed by atoms with E-state index in [2.05, 4.69) is 0 Å². The fourth-order valence-corrected chi connectivity index (χ4v) is 2.11. The monoisotopic (exact) mass is 299 g/mol. The van der Waals surface area contributed by atoms with Crippen LogP contribution >= 0.6 is 11.8 Å². The summed E-state index contributed by atoms with van der Waals surface area (Å²) < 4.78 is 0. The van der Waals surface area contributed by atoms with Gasteiger partial charge < -0.3 is 10.2 Å². The van der Waals surface area contributed by atoms with Crippen molar-refractivity contribution in [3.8, 4) is 0 Å². The normalized spacial score (nSPS) is 13.6. The van der Waals surface area contributed by atoms with E-state index in [1.165, 1.54) is 19.1 Å². The van der Waals surface area contributed by atoms with Gasteiger partial charge in [0, 0.05) is 18.7 Å². The molecule has 1 aromatic carbocycles. The highest BCUT2D eigenvalue weighted by Crippen LogP contribution is 2.26. The van der Waals surface area contributed by atoms with Crippen molar-refractivity contribution >= 4 is 28.9 Å². The second-order valence-electron chi connectivity index (χ2n) is 4.01. The van der Waals surface area contributed by atoms with Gasteiger partial charge in [0.2, 0.25) is 0 Å². The molecule has 20 heavy (non-hydrogen) atoms. The summed E-state index contributed by atoms with van der Waals surface area (Å²) >= 11 is 0.842. The van der Waals surface area contributed by atoms with Crippen LogP contribution in [0.5, 0.6) is 0 Å². The molecule has 8 heteroatoms. The van der Waals surface area contributed by atoms with Gasteiger partial charge in [0.15, 0.2) is 11.4 Å². The molecule has 0 saturated carbocycles. The number of nitro benzene ring substituents is 1. The molecule has 2 N–H and O–H groups in total. The van der Waals surface area contributed by atoms with E-state index in [0.29, 0.717) is 6.29 Å². The van der Waals surface area contributed by atoms with Crippen LogP contribution in [-0.2, 0) is 4.79 Å². The predicted molar refractivity (Wildman–Crippen MR) is 72.6 cm³/mol. The van der Waals surface area contributed by atoms with Gasteiger partial charge in [-0.05, 0) is 11.6 Å². The minimum absolute atomic E-state index is 0.0280. The Bertz CT molecular complexity index is 533. The molecule has 0 radical (unpaired) electrons. The molecule has 1 aromatic rings. The Labute approximate surface area is 118 Å². The molecule has 1 rings (SSSR count). The van der Waals surface area contributed by atoms with Crippen LogP contribution in [0.2, 0.25) is 0 Å². The van der Waals surface area contributed by atoms with Crippen molar-refractivity contribution in [2.45, 2.75) is 19.1 Å². The highest BCUT2D eigenvalue weighted by atomic mass is 32.2. The summed E-state index contributed by atoms with van der Waals surface area (Å²) in [5.74, 6) is -0.0280. The van der Waals surface area contributed by atoms with E-state index < -0.39 is 22.8 Å². The van der Waals surface area contributed by atoms with E-state index in [4.69, 9.17) is 0 Å². The Hall–Kier alpha value is -1.77. The lowest BCUT2D eigenvalue weighted by Gasteiger charge is -2.17. The maximum atomic E-state index is 10.8. The van der Waals surface area contributed by atoms with E-state index in [0.717, 1.165) is 17.8 Å². The first-order valence-corrected chi connectivity index (χ1v) is 6.58. The topological polar surface area (TPSA) is 118 Å². The number of nitro groups is 1. The highest BCUT2D eigenvalue weighted by Gasteiger charge is 2.23. The van der Waals surface area contributed by atoms with Crippen molar-refractivity contribution in [1.29, 1.82) is 0 Å². The SMILES string of the molecule is CC(=O)SCC(O)C(O)c1ccc(C=O)c([N+](=O)[O-])c1. The van der Waals surface area contributed by atoms with Gasteiger partial charge in [0.25, 0.3) is 5.69 Å². The average Bonchev–Trinajstić information content (AvgIpc) is 2.42. The first-order valence-electron chi connectivity index (χ1n) is 5.59. The van der Waals surface area contributed by atoms with Crippen molar-refractivity contribution in [2.75, 3.05) is 5.75 Å². The van der Waals surface area contributed by atoms with Gasteiger partial charge in [-0.15, -0.1) is 0 Å². The Morgan fingerprint density at radius 1 is 1.50 bits per heavy atom.